The van der Waals surface area contributed by atoms with E-state index in [1.165, 1.54) is 0 Å². The highest BCUT2D eigenvalue weighted by Gasteiger charge is 2.57. The summed E-state index contributed by atoms with van der Waals surface area (Å²) in [5.41, 5.74) is -3.59. The molecule has 8 heteroatoms. The van der Waals surface area contributed by atoms with Crippen molar-refractivity contribution in [3.05, 3.63) is 23.8 Å². The Balaban J connectivity index is 2.34. The molecule has 0 aliphatic heterocycles. The first kappa shape index (κ1) is 13.8. The number of carbonyl (C=O) groups excluding carboxylic acids is 5. The highest BCUT2D eigenvalue weighted by Crippen LogP contribution is 2.38. The molecule has 0 aromatic rings. The maximum atomic E-state index is 11.8. The Morgan fingerprint density at radius 2 is 1.75 bits per heavy atom. The minimum absolute atomic E-state index is 0.559. The largest absolute Gasteiger partial charge is 0.390 e. The van der Waals surface area contributed by atoms with Crippen LogP contribution in [-0.2, 0) is 33.7 Å². The molecule has 20 heavy (non-hydrogen) atoms. The Hall–Kier alpha value is -2.61. The fourth-order valence-electron chi connectivity index (χ4n) is 2.05. The number of rotatable bonds is 2. The summed E-state index contributed by atoms with van der Waals surface area (Å²) in [6.07, 6.45) is -0.546. The number of ketones is 3. The lowest BCUT2D eigenvalue weighted by Gasteiger charge is -2.21. The smallest absolute Gasteiger partial charge is 0.381 e. The van der Waals surface area contributed by atoms with Gasteiger partial charge < -0.3 is 5.11 Å². The third kappa shape index (κ3) is 1.95. The monoisotopic (exact) mass is 280 g/mol. The molecule has 2 rings (SSSR count). The Bertz CT molecular complexity index is 611. The Kier molecular flexibility index (Phi) is 3.10. The van der Waals surface area contributed by atoms with E-state index in [2.05, 4.69) is 16.4 Å². The van der Waals surface area contributed by atoms with Crippen molar-refractivity contribution in [3.63, 3.8) is 0 Å². The minimum atomic E-state index is -2.08. The van der Waals surface area contributed by atoms with Crippen LogP contribution in [-0.4, -0.2) is 40.0 Å². The van der Waals surface area contributed by atoms with Gasteiger partial charge in [-0.25, -0.2) is 19.4 Å². The van der Waals surface area contributed by atoms with Gasteiger partial charge in [0.2, 0.25) is 0 Å². The molecule has 0 spiro atoms. The van der Waals surface area contributed by atoms with Crippen molar-refractivity contribution in [3.8, 4) is 0 Å². The molecular weight excluding hydrogens is 272 g/mol. The molecule has 0 aromatic carbocycles. The van der Waals surface area contributed by atoms with Crippen LogP contribution >= 0.6 is 0 Å². The summed E-state index contributed by atoms with van der Waals surface area (Å²) < 4.78 is 0. The molecule has 0 aromatic heterocycles. The third-order valence-corrected chi connectivity index (χ3v) is 2.93. The van der Waals surface area contributed by atoms with E-state index in [1.807, 2.05) is 0 Å². The van der Waals surface area contributed by atoms with Gasteiger partial charge in [-0.05, 0) is 0 Å². The average molecular weight is 280 g/mol. The topological polar surface area (TPSA) is 124 Å². The second-order valence-corrected chi connectivity index (χ2v) is 4.29. The lowest BCUT2D eigenvalue weighted by atomic mass is 9.85. The summed E-state index contributed by atoms with van der Waals surface area (Å²) in [6.45, 7) is 3.05. The van der Waals surface area contributed by atoms with Crippen LogP contribution in [0.1, 0.15) is 12.8 Å². The molecule has 0 radical (unpaired) electrons. The summed E-state index contributed by atoms with van der Waals surface area (Å²) in [6, 6.07) is 0. The lowest BCUT2D eigenvalue weighted by molar-refractivity contribution is -0.251. The Labute approximate surface area is 111 Å². The second kappa shape index (κ2) is 4.49. The second-order valence-electron chi connectivity index (χ2n) is 4.29. The van der Waals surface area contributed by atoms with E-state index in [1.54, 1.807) is 0 Å². The van der Waals surface area contributed by atoms with Crippen molar-refractivity contribution in [2.45, 2.75) is 18.4 Å². The molecule has 2 bridgehead atoms. The molecule has 0 saturated heterocycles. The van der Waals surface area contributed by atoms with Gasteiger partial charge in [0.05, 0.1) is 5.57 Å². The number of hydrogen-bond donors (Lipinski definition) is 1. The van der Waals surface area contributed by atoms with Crippen LogP contribution in [0.5, 0.6) is 0 Å². The van der Waals surface area contributed by atoms with E-state index in [0.29, 0.717) is 6.08 Å². The predicted octanol–water partition coefficient (Wildman–Crippen LogP) is -1.28. The van der Waals surface area contributed by atoms with Crippen LogP contribution in [0, 0.1) is 0 Å². The molecule has 1 saturated carbocycles. The molecule has 1 N–H and O–H groups in total. The van der Waals surface area contributed by atoms with Crippen molar-refractivity contribution in [2.24, 2.45) is 0 Å². The molecule has 1 fully saturated rings. The van der Waals surface area contributed by atoms with Gasteiger partial charge in [-0.15, -0.1) is 0 Å². The summed E-state index contributed by atoms with van der Waals surface area (Å²) in [5.74, 6) is -5.28. The number of aliphatic hydroxyl groups is 1. The molecule has 8 nitrogen and oxygen atoms in total. The quantitative estimate of drug-likeness (QED) is 0.287. The number of hydrogen-bond acceptors (Lipinski definition) is 8. The molecule has 0 heterocycles. The van der Waals surface area contributed by atoms with Crippen molar-refractivity contribution in [1.82, 2.24) is 0 Å². The molecule has 1 unspecified atom stereocenters. The average Bonchev–Trinajstić information content (AvgIpc) is 2.53. The molecule has 0 amide bonds. The Morgan fingerprint density at radius 1 is 1.15 bits per heavy atom. The van der Waals surface area contributed by atoms with Gasteiger partial charge in [-0.1, -0.05) is 6.58 Å². The van der Waals surface area contributed by atoms with Crippen molar-refractivity contribution >= 4 is 29.3 Å². The predicted molar refractivity (Wildman–Crippen MR) is 58.6 cm³/mol. The lowest BCUT2D eigenvalue weighted by Crippen LogP contribution is -2.41. The van der Waals surface area contributed by atoms with Gasteiger partial charge in [0.15, 0.2) is 17.3 Å². The molecular formula is C12H8O8. The number of Topliss-reactive ketones (excluding diaryl/α,β-unsaturated/α-hetero) is 3. The van der Waals surface area contributed by atoms with Crippen molar-refractivity contribution in [1.29, 1.82) is 0 Å². The highest BCUT2D eigenvalue weighted by atomic mass is 17.2. The zero-order valence-corrected chi connectivity index (χ0v) is 10.0. The van der Waals surface area contributed by atoms with Crippen LogP contribution in [0.2, 0.25) is 0 Å². The molecule has 104 valence electrons. The van der Waals surface area contributed by atoms with Crippen LogP contribution in [0.25, 0.3) is 0 Å². The maximum Gasteiger partial charge on any atom is 0.390 e. The van der Waals surface area contributed by atoms with Gasteiger partial charge in [-0.3, -0.25) is 14.4 Å². The fourth-order valence-corrected chi connectivity index (χ4v) is 2.05. The molecule has 2 aliphatic rings. The first-order chi connectivity index (χ1) is 9.30. The fraction of sp³-hybridized carbons (Fsp3) is 0.250. The summed E-state index contributed by atoms with van der Waals surface area (Å²) >= 11 is 0. The first-order valence-corrected chi connectivity index (χ1v) is 5.43. The van der Waals surface area contributed by atoms with E-state index >= 15 is 0 Å². The van der Waals surface area contributed by atoms with Gasteiger partial charge >= 0.3 is 11.9 Å². The van der Waals surface area contributed by atoms with E-state index in [0.717, 1.165) is 0 Å². The van der Waals surface area contributed by atoms with E-state index < -0.39 is 58.9 Å². The number of carbonyl (C=O) groups is 5. The molecule has 2 aliphatic carbocycles. The van der Waals surface area contributed by atoms with E-state index in [9.17, 15) is 29.1 Å². The summed E-state index contributed by atoms with van der Waals surface area (Å²) in [7, 11) is 0. The van der Waals surface area contributed by atoms with E-state index in [4.69, 9.17) is 0 Å². The molecule has 1 atom stereocenters. The van der Waals surface area contributed by atoms with Crippen molar-refractivity contribution < 1.29 is 38.9 Å². The maximum absolute atomic E-state index is 11.8. The summed E-state index contributed by atoms with van der Waals surface area (Å²) in [5, 5.41) is 9.81. The Morgan fingerprint density at radius 3 is 2.35 bits per heavy atom. The minimum Gasteiger partial charge on any atom is -0.381 e. The van der Waals surface area contributed by atoms with Gasteiger partial charge in [0.1, 0.15) is 11.2 Å². The van der Waals surface area contributed by atoms with Crippen molar-refractivity contribution in [2.75, 3.05) is 0 Å². The zero-order valence-electron chi connectivity index (χ0n) is 10.0. The van der Waals surface area contributed by atoms with Crippen LogP contribution in [0.3, 0.4) is 0 Å². The SMILES string of the molecule is C=CC(=O)OOC(=O)C1=C2C(=O)CC(O)(CC1=O)C2=O. The zero-order chi connectivity index (χ0) is 15.1. The van der Waals surface area contributed by atoms with Crippen LogP contribution in [0.4, 0.5) is 0 Å². The van der Waals surface area contributed by atoms with Gasteiger partial charge in [-0.2, -0.15) is 0 Å². The number of fused-ring (bicyclic) bond motifs is 2. The third-order valence-electron chi connectivity index (χ3n) is 2.93. The standard InChI is InChI=1S/C12H8O8/c1-2-7(15)19-20-11(17)9-6(14)4-12(18)3-5(13)8(9)10(12)16/h2,18H,1,3-4H2. The highest BCUT2D eigenvalue weighted by molar-refractivity contribution is 6.40. The van der Waals surface area contributed by atoms with Crippen LogP contribution < -0.4 is 0 Å². The van der Waals surface area contributed by atoms with E-state index in [-0.39, 0.29) is 0 Å². The normalized spacial score (nSPS) is 24.8. The first-order valence-electron chi connectivity index (χ1n) is 5.43. The summed E-state index contributed by atoms with van der Waals surface area (Å²) in [4.78, 5) is 65.5. The van der Waals surface area contributed by atoms with Gasteiger partial charge in [0.25, 0.3) is 0 Å². The van der Waals surface area contributed by atoms with Crippen LogP contribution in [0.15, 0.2) is 23.8 Å². The van der Waals surface area contributed by atoms with Gasteiger partial charge in [0, 0.05) is 18.9 Å².